The molecule has 1 aliphatic carbocycles. The molecule has 7 heteroatoms. The molecule has 29 heavy (non-hydrogen) atoms. The van der Waals surface area contributed by atoms with Gasteiger partial charge in [0, 0.05) is 23.7 Å². The number of pyridine rings is 1. The molecule has 6 nitrogen and oxygen atoms in total. The maximum atomic E-state index is 14.4. The van der Waals surface area contributed by atoms with E-state index in [0.717, 1.165) is 59.5 Å². The van der Waals surface area contributed by atoms with Crippen molar-refractivity contribution in [3.05, 3.63) is 65.9 Å². The monoisotopic (exact) mass is 388 g/mol. The van der Waals surface area contributed by atoms with Crippen LogP contribution in [0.3, 0.4) is 0 Å². The highest BCUT2D eigenvalue weighted by Gasteiger charge is 2.45. The molecule has 1 aliphatic rings. The standard InChI is InChI=1S/C22H21FN6/c1-2-24-21-15-13-14(6-7-18(15)27-29-21)17-8-9-19(28-26-17)22(10-4-11-22)20-16(23)5-3-12-25-20/h3,5-9,12-13H,2,4,10-11H2,1H3,(H2,24,27,29). The Hall–Kier alpha value is -3.35. The summed E-state index contributed by atoms with van der Waals surface area (Å²) in [6, 6.07) is 13.0. The van der Waals surface area contributed by atoms with E-state index in [1.165, 1.54) is 6.07 Å². The van der Waals surface area contributed by atoms with Gasteiger partial charge in [-0.3, -0.25) is 10.1 Å². The average Bonchev–Trinajstić information content (AvgIpc) is 3.12. The molecular formula is C22H21FN6. The molecule has 1 saturated carbocycles. The summed E-state index contributed by atoms with van der Waals surface area (Å²) in [5, 5.41) is 20.6. The lowest BCUT2D eigenvalue weighted by molar-refractivity contribution is 0.273. The number of hydrogen-bond donors (Lipinski definition) is 2. The third-order valence-electron chi connectivity index (χ3n) is 5.78. The summed E-state index contributed by atoms with van der Waals surface area (Å²) in [5.74, 6) is 0.549. The number of hydrogen-bond acceptors (Lipinski definition) is 5. The summed E-state index contributed by atoms with van der Waals surface area (Å²) >= 11 is 0. The van der Waals surface area contributed by atoms with Crippen molar-refractivity contribution in [1.82, 2.24) is 25.4 Å². The van der Waals surface area contributed by atoms with Crippen LogP contribution in [0.4, 0.5) is 10.2 Å². The number of aromatic nitrogens is 5. The van der Waals surface area contributed by atoms with Crippen molar-refractivity contribution >= 4 is 16.7 Å². The van der Waals surface area contributed by atoms with Crippen molar-refractivity contribution in [2.75, 3.05) is 11.9 Å². The molecule has 0 bridgehead atoms. The number of benzene rings is 1. The van der Waals surface area contributed by atoms with Crippen molar-refractivity contribution in [1.29, 1.82) is 0 Å². The number of rotatable bonds is 5. The van der Waals surface area contributed by atoms with Crippen LogP contribution in [-0.2, 0) is 5.41 Å². The fraction of sp³-hybridized carbons (Fsp3) is 0.273. The third kappa shape index (κ3) is 2.85. The first-order valence-corrected chi connectivity index (χ1v) is 9.89. The van der Waals surface area contributed by atoms with Gasteiger partial charge in [-0.1, -0.05) is 12.5 Å². The summed E-state index contributed by atoms with van der Waals surface area (Å²) < 4.78 is 14.4. The number of H-pyrrole nitrogens is 1. The van der Waals surface area contributed by atoms with E-state index in [9.17, 15) is 4.39 Å². The van der Waals surface area contributed by atoms with E-state index in [1.807, 2.05) is 31.2 Å². The first kappa shape index (κ1) is 17.7. The van der Waals surface area contributed by atoms with Crippen molar-refractivity contribution < 1.29 is 4.39 Å². The van der Waals surface area contributed by atoms with Crippen molar-refractivity contribution in [3.63, 3.8) is 0 Å². The van der Waals surface area contributed by atoms with E-state index in [1.54, 1.807) is 12.3 Å². The highest BCUT2D eigenvalue weighted by molar-refractivity contribution is 5.92. The highest BCUT2D eigenvalue weighted by Crippen LogP contribution is 2.48. The van der Waals surface area contributed by atoms with E-state index in [4.69, 9.17) is 0 Å². The lowest BCUT2D eigenvalue weighted by Gasteiger charge is -2.40. The Balaban J connectivity index is 1.51. The Bertz CT molecular complexity index is 1160. The molecule has 0 spiro atoms. The summed E-state index contributed by atoms with van der Waals surface area (Å²) in [6.45, 7) is 2.83. The number of fused-ring (bicyclic) bond motifs is 1. The van der Waals surface area contributed by atoms with Crippen LogP contribution < -0.4 is 5.32 Å². The number of halogens is 1. The predicted molar refractivity (Wildman–Crippen MR) is 110 cm³/mol. The van der Waals surface area contributed by atoms with Crippen molar-refractivity contribution in [2.24, 2.45) is 0 Å². The molecule has 1 aromatic carbocycles. The van der Waals surface area contributed by atoms with Crippen LogP contribution in [0, 0.1) is 5.82 Å². The summed E-state index contributed by atoms with van der Waals surface area (Å²) in [6.07, 6.45) is 4.34. The number of nitrogens with zero attached hydrogens (tertiary/aromatic N) is 4. The van der Waals surface area contributed by atoms with Crippen LogP contribution in [0.2, 0.25) is 0 Å². The van der Waals surface area contributed by atoms with Gasteiger partial charge >= 0.3 is 0 Å². The quantitative estimate of drug-likeness (QED) is 0.528. The van der Waals surface area contributed by atoms with Gasteiger partial charge < -0.3 is 5.32 Å². The predicted octanol–water partition coefficient (Wildman–Crippen LogP) is 4.46. The SMILES string of the molecule is CCNc1n[nH]c2ccc(-c3ccc(C4(c5ncccc5F)CCC4)nn3)cc12. The molecule has 146 valence electrons. The van der Waals surface area contributed by atoms with Gasteiger partial charge in [-0.2, -0.15) is 15.3 Å². The molecule has 3 aromatic heterocycles. The molecular weight excluding hydrogens is 367 g/mol. The van der Waals surface area contributed by atoms with E-state index >= 15 is 0 Å². The van der Waals surface area contributed by atoms with Gasteiger partial charge in [-0.05, 0) is 56.2 Å². The zero-order chi connectivity index (χ0) is 19.8. The molecule has 0 aliphatic heterocycles. The summed E-state index contributed by atoms with van der Waals surface area (Å²) in [4.78, 5) is 4.32. The Morgan fingerprint density at radius 3 is 2.72 bits per heavy atom. The molecule has 4 aromatic rings. The molecule has 0 unspecified atom stereocenters. The smallest absolute Gasteiger partial charge is 0.155 e. The van der Waals surface area contributed by atoms with Gasteiger partial charge in [0.2, 0.25) is 0 Å². The maximum Gasteiger partial charge on any atom is 0.155 e. The first-order valence-electron chi connectivity index (χ1n) is 9.89. The van der Waals surface area contributed by atoms with Crippen LogP contribution in [0.25, 0.3) is 22.2 Å². The van der Waals surface area contributed by atoms with Crippen LogP contribution in [-0.4, -0.2) is 31.9 Å². The molecule has 1 fully saturated rings. The van der Waals surface area contributed by atoms with Crippen molar-refractivity contribution in [2.45, 2.75) is 31.6 Å². The Morgan fingerprint density at radius 2 is 2.03 bits per heavy atom. The second kappa shape index (κ2) is 6.92. The molecule has 0 radical (unpaired) electrons. The molecule has 5 rings (SSSR count). The van der Waals surface area contributed by atoms with Gasteiger partial charge in [-0.15, -0.1) is 0 Å². The lowest BCUT2D eigenvalue weighted by Crippen LogP contribution is -2.38. The molecule has 2 N–H and O–H groups in total. The molecule has 0 saturated heterocycles. The van der Waals surface area contributed by atoms with Gasteiger partial charge in [0.15, 0.2) is 5.82 Å². The topological polar surface area (TPSA) is 79.4 Å². The number of anilines is 1. The largest absolute Gasteiger partial charge is 0.368 e. The van der Waals surface area contributed by atoms with Gasteiger partial charge in [0.1, 0.15) is 5.82 Å². The maximum absolute atomic E-state index is 14.4. The first-order chi connectivity index (χ1) is 14.2. The lowest BCUT2D eigenvalue weighted by atomic mass is 9.64. The normalized spacial score (nSPS) is 15.2. The van der Waals surface area contributed by atoms with E-state index < -0.39 is 5.41 Å². The van der Waals surface area contributed by atoms with E-state index in [2.05, 4.69) is 36.8 Å². The van der Waals surface area contributed by atoms with E-state index in [0.29, 0.717) is 5.69 Å². The number of aromatic amines is 1. The van der Waals surface area contributed by atoms with Crippen LogP contribution in [0.15, 0.2) is 48.7 Å². The minimum atomic E-state index is -0.469. The Kier molecular flexibility index (Phi) is 4.23. The second-order valence-corrected chi connectivity index (χ2v) is 7.44. The van der Waals surface area contributed by atoms with Gasteiger partial charge in [-0.25, -0.2) is 4.39 Å². The molecule has 0 atom stereocenters. The van der Waals surface area contributed by atoms with Crippen LogP contribution in [0.1, 0.15) is 37.6 Å². The Labute approximate surface area is 167 Å². The summed E-state index contributed by atoms with van der Waals surface area (Å²) in [7, 11) is 0. The van der Waals surface area contributed by atoms with E-state index in [-0.39, 0.29) is 5.82 Å². The van der Waals surface area contributed by atoms with Gasteiger partial charge in [0.05, 0.1) is 28.0 Å². The fourth-order valence-electron chi connectivity index (χ4n) is 4.10. The fourth-order valence-corrected chi connectivity index (χ4v) is 4.10. The second-order valence-electron chi connectivity index (χ2n) is 7.44. The minimum Gasteiger partial charge on any atom is -0.368 e. The minimum absolute atomic E-state index is 0.278. The van der Waals surface area contributed by atoms with Crippen LogP contribution >= 0.6 is 0 Å². The van der Waals surface area contributed by atoms with Crippen LogP contribution in [0.5, 0.6) is 0 Å². The summed E-state index contributed by atoms with van der Waals surface area (Å²) in [5.41, 5.74) is 3.49. The van der Waals surface area contributed by atoms with Crippen molar-refractivity contribution in [3.8, 4) is 11.3 Å². The number of nitrogens with one attached hydrogen (secondary N) is 2. The average molecular weight is 388 g/mol. The zero-order valence-corrected chi connectivity index (χ0v) is 16.1. The highest BCUT2D eigenvalue weighted by atomic mass is 19.1. The van der Waals surface area contributed by atoms with Gasteiger partial charge in [0.25, 0.3) is 0 Å². The molecule has 0 amide bonds. The Morgan fingerprint density at radius 1 is 1.14 bits per heavy atom. The molecule has 3 heterocycles. The zero-order valence-electron chi connectivity index (χ0n) is 16.1. The third-order valence-corrected chi connectivity index (χ3v) is 5.78.